The predicted octanol–water partition coefficient (Wildman–Crippen LogP) is 1.09. The number of hydrogen-bond acceptors (Lipinski definition) is 4. The van der Waals surface area contributed by atoms with Crippen LogP contribution in [0.2, 0.25) is 0 Å². The number of nitrogens with one attached hydrogen (secondary N) is 2. The van der Waals surface area contributed by atoms with Gasteiger partial charge >= 0.3 is 0 Å². The number of carbonyl (C=O) groups excluding carboxylic acids is 3. The maximum Gasteiger partial charge on any atom is 0.223 e. The zero-order chi connectivity index (χ0) is 18.2. The molecule has 0 fully saturated rings. The van der Waals surface area contributed by atoms with Crippen LogP contribution in [0, 0.1) is 11.8 Å². The summed E-state index contributed by atoms with van der Waals surface area (Å²) in [6.45, 7) is 14.7. The smallest absolute Gasteiger partial charge is 0.223 e. The van der Waals surface area contributed by atoms with Crippen LogP contribution in [-0.4, -0.2) is 47.5 Å². The second-order valence-corrected chi connectivity index (χ2v) is 6.13. The molecule has 0 aliphatic heterocycles. The molecule has 132 valence electrons. The minimum absolute atomic E-state index is 0.0707. The average Bonchev–Trinajstić information content (AvgIpc) is 2.44. The molecule has 23 heavy (non-hydrogen) atoms. The molecule has 0 heterocycles. The third-order valence-electron chi connectivity index (χ3n) is 3.39. The molecule has 0 spiro atoms. The average molecular weight is 326 g/mol. The summed E-state index contributed by atoms with van der Waals surface area (Å²) in [5.74, 6) is -0.447. The van der Waals surface area contributed by atoms with E-state index in [2.05, 4.69) is 17.2 Å². The summed E-state index contributed by atoms with van der Waals surface area (Å²) in [5, 5.41) is 5.76. The van der Waals surface area contributed by atoms with Gasteiger partial charge in [0.15, 0.2) is 0 Å². The molecule has 7 heteroatoms. The maximum atomic E-state index is 11.8. The van der Waals surface area contributed by atoms with Crippen molar-refractivity contribution >= 4 is 17.7 Å². The summed E-state index contributed by atoms with van der Waals surface area (Å²) in [6, 6.07) is 0. The Kier molecular flexibility index (Phi) is 8.98. The zero-order valence-electron chi connectivity index (χ0n) is 15.1. The Labute approximate surface area is 139 Å². The van der Waals surface area contributed by atoms with Gasteiger partial charge in [0.05, 0.1) is 20.0 Å². The minimum Gasteiger partial charge on any atom is -0.371 e. The molecule has 0 aliphatic rings. The van der Waals surface area contributed by atoms with E-state index in [1.165, 1.54) is 23.6 Å². The van der Waals surface area contributed by atoms with E-state index >= 15 is 0 Å². The molecule has 0 atom stereocenters. The Morgan fingerprint density at radius 2 is 1.30 bits per heavy atom. The number of nitrogens with zero attached hydrogens (tertiary/aromatic N) is 2. The van der Waals surface area contributed by atoms with E-state index in [1.807, 2.05) is 13.8 Å². The van der Waals surface area contributed by atoms with Crippen molar-refractivity contribution in [2.24, 2.45) is 11.8 Å². The SMILES string of the molecule is C=C(NCN(CN(CNC(=O)C(C)C)C(C)=O)C(C)=O)C(C)C. The lowest BCUT2D eigenvalue weighted by atomic mass is 10.2. The van der Waals surface area contributed by atoms with Crippen molar-refractivity contribution in [3.8, 4) is 0 Å². The molecular weight excluding hydrogens is 296 g/mol. The Morgan fingerprint density at radius 1 is 0.870 bits per heavy atom. The first-order valence-corrected chi connectivity index (χ1v) is 7.77. The Bertz CT molecular complexity index is 407. The molecule has 2 N–H and O–H groups in total. The van der Waals surface area contributed by atoms with Crippen LogP contribution in [0.25, 0.3) is 0 Å². The molecule has 0 saturated heterocycles. The summed E-state index contributed by atoms with van der Waals surface area (Å²) >= 11 is 0. The van der Waals surface area contributed by atoms with Crippen molar-refractivity contribution in [2.75, 3.05) is 20.0 Å². The van der Waals surface area contributed by atoms with Crippen molar-refractivity contribution in [3.63, 3.8) is 0 Å². The zero-order valence-corrected chi connectivity index (χ0v) is 15.1. The van der Waals surface area contributed by atoms with Gasteiger partial charge in [0.2, 0.25) is 17.7 Å². The highest BCUT2D eigenvalue weighted by Gasteiger charge is 2.17. The van der Waals surface area contributed by atoms with Gasteiger partial charge in [-0.1, -0.05) is 34.3 Å². The predicted molar refractivity (Wildman–Crippen MR) is 89.7 cm³/mol. The largest absolute Gasteiger partial charge is 0.371 e. The monoisotopic (exact) mass is 326 g/mol. The topological polar surface area (TPSA) is 81.8 Å². The highest BCUT2D eigenvalue weighted by molar-refractivity contribution is 5.79. The molecule has 0 unspecified atom stereocenters. The van der Waals surface area contributed by atoms with Crippen LogP contribution < -0.4 is 10.6 Å². The van der Waals surface area contributed by atoms with Crippen molar-refractivity contribution in [1.29, 1.82) is 0 Å². The van der Waals surface area contributed by atoms with Crippen LogP contribution in [0.3, 0.4) is 0 Å². The van der Waals surface area contributed by atoms with E-state index in [1.54, 1.807) is 13.8 Å². The van der Waals surface area contributed by atoms with Gasteiger partial charge in [-0.15, -0.1) is 0 Å². The van der Waals surface area contributed by atoms with Gasteiger partial charge in [0.25, 0.3) is 0 Å². The first kappa shape index (κ1) is 20.9. The van der Waals surface area contributed by atoms with Crippen LogP contribution >= 0.6 is 0 Å². The first-order chi connectivity index (χ1) is 10.6. The van der Waals surface area contributed by atoms with Gasteiger partial charge in [0, 0.05) is 25.5 Å². The van der Waals surface area contributed by atoms with E-state index < -0.39 is 0 Å². The molecule has 3 amide bonds. The fraction of sp³-hybridized carbons (Fsp3) is 0.688. The number of hydrogen-bond donors (Lipinski definition) is 2. The lowest BCUT2D eigenvalue weighted by molar-refractivity contribution is -0.138. The minimum atomic E-state index is -0.219. The molecule has 0 bridgehead atoms. The van der Waals surface area contributed by atoms with Crippen LogP contribution in [0.1, 0.15) is 41.5 Å². The standard InChI is InChI=1S/C16H30N4O3/c1-11(2)13(5)17-8-19(14(6)21)10-20(15(7)22)9-18-16(23)12(3)4/h11-12,17H,5,8-10H2,1-4,6-7H3,(H,18,23). The van der Waals surface area contributed by atoms with Crippen LogP contribution in [0.15, 0.2) is 12.3 Å². The van der Waals surface area contributed by atoms with E-state index in [4.69, 9.17) is 0 Å². The van der Waals surface area contributed by atoms with E-state index in [0.29, 0.717) is 0 Å². The van der Waals surface area contributed by atoms with E-state index in [0.717, 1.165) is 5.70 Å². The molecule has 0 rings (SSSR count). The second-order valence-electron chi connectivity index (χ2n) is 6.13. The Hall–Kier alpha value is -2.05. The highest BCUT2D eigenvalue weighted by atomic mass is 16.2. The van der Waals surface area contributed by atoms with Crippen LogP contribution in [-0.2, 0) is 14.4 Å². The van der Waals surface area contributed by atoms with Gasteiger partial charge in [-0.25, -0.2) is 0 Å². The number of carbonyl (C=O) groups is 3. The summed E-state index contributed by atoms with van der Waals surface area (Å²) in [6.07, 6.45) is 0. The fourth-order valence-electron chi connectivity index (χ4n) is 1.51. The van der Waals surface area contributed by atoms with Crippen molar-refractivity contribution in [2.45, 2.75) is 41.5 Å². The van der Waals surface area contributed by atoms with Gasteiger partial charge in [0.1, 0.15) is 0 Å². The van der Waals surface area contributed by atoms with E-state index in [-0.39, 0.29) is 49.6 Å². The third-order valence-corrected chi connectivity index (χ3v) is 3.39. The van der Waals surface area contributed by atoms with Gasteiger partial charge in [-0.2, -0.15) is 0 Å². The van der Waals surface area contributed by atoms with Crippen LogP contribution in [0.4, 0.5) is 0 Å². The third kappa shape index (κ3) is 8.23. The van der Waals surface area contributed by atoms with Gasteiger partial charge in [-0.3, -0.25) is 14.4 Å². The quantitative estimate of drug-likeness (QED) is 0.621. The molecule has 0 saturated carbocycles. The Balaban J connectivity index is 4.71. The molecule has 0 aromatic rings. The summed E-state index contributed by atoms with van der Waals surface area (Å²) in [5.41, 5.74) is 0.818. The summed E-state index contributed by atoms with van der Waals surface area (Å²) in [4.78, 5) is 38.0. The lowest BCUT2D eigenvalue weighted by Gasteiger charge is -2.30. The summed E-state index contributed by atoms with van der Waals surface area (Å²) in [7, 11) is 0. The maximum absolute atomic E-state index is 11.8. The molecule has 0 aromatic carbocycles. The fourth-order valence-corrected chi connectivity index (χ4v) is 1.51. The van der Waals surface area contributed by atoms with Crippen molar-refractivity contribution < 1.29 is 14.4 Å². The lowest BCUT2D eigenvalue weighted by Crippen LogP contribution is -2.50. The summed E-state index contributed by atoms with van der Waals surface area (Å²) < 4.78 is 0. The van der Waals surface area contributed by atoms with Crippen molar-refractivity contribution in [1.82, 2.24) is 20.4 Å². The van der Waals surface area contributed by atoms with Gasteiger partial charge in [-0.05, 0) is 5.92 Å². The Morgan fingerprint density at radius 3 is 1.65 bits per heavy atom. The molecule has 0 radical (unpaired) electrons. The second kappa shape index (κ2) is 9.86. The molecule has 0 aromatic heterocycles. The molecule has 7 nitrogen and oxygen atoms in total. The number of allylic oxidation sites excluding steroid dienone is 1. The highest BCUT2D eigenvalue weighted by Crippen LogP contribution is 2.03. The molecule has 0 aliphatic carbocycles. The first-order valence-electron chi connectivity index (χ1n) is 7.77. The van der Waals surface area contributed by atoms with E-state index in [9.17, 15) is 14.4 Å². The molecular formula is C16H30N4O3. The normalized spacial score (nSPS) is 10.4. The number of amides is 3. The number of rotatable bonds is 9. The van der Waals surface area contributed by atoms with Crippen molar-refractivity contribution in [3.05, 3.63) is 12.3 Å². The van der Waals surface area contributed by atoms with Crippen LogP contribution in [0.5, 0.6) is 0 Å². The van der Waals surface area contributed by atoms with Gasteiger partial charge < -0.3 is 20.4 Å².